The van der Waals surface area contributed by atoms with Gasteiger partial charge >= 0.3 is 0 Å². The number of rotatable bonds is 8. The summed E-state index contributed by atoms with van der Waals surface area (Å²) in [4.78, 5) is 7.68. The lowest BCUT2D eigenvalue weighted by molar-refractivity contribution is -0.172. The molecule has 4 heterocycles. The molecule has 7 aliphatic rings. The van der Waals surface area contributed by atoms with E-state index in [1.165, 1.54) is 32.1 Å². The Balaban J connectivity index is 1.00. The van der Waals surface area contributed by atoms with E-state index in [-0.39, 0.29) is 29.6 Å². The summed E-state index contributed by atoms with van der Waals surface area (Å²) in [5, 5.41) is 35.0. The minimum absolute atomic E-state index is 0.124. The van der Waals surface area contributed by atoms with Gasteiger partial charge in [0.05, 0.1) is 30.9 Å². The molecule has 3 N–H and O–H groups in total. The number of hydrogen-bond donors (Lipinski definition) is 3. The van der Waals surface area contributed by atoms with Crippen LogP contribution >= 0.6 is 0 Å². The zero-order valence-electron chi connectivity index (χ0n) is 30.6. The molecule has 6 nitrogen and oxygen atoms in total. The second-order valence-electron chi connectivity index (χ2n) is 18.2. The SMILES string of the molecule is C=C[C@H]1CN2CC[C@H]1C[C@H]2[C@H](O)c1cc(CC[C@@H](C)[C@H]2CC[C@H]3[C@@H]4C[C@H](O)[C@@H]5C[C@H](O)CC[C@]5(C)[C@H]4CC[C@]23C)nc2ccc(OC)cc12. The fraction of sp³-hybridized carbons (Fsp3) is 0.744. The Kier molecular flexibility index (Phi) is 8.98. The summed E-state index contributed by atoms with van der Waals surface area (Å²) in [6.45, 7) is 13.7. The first-order chi connectivity index (χ1) is 23.5. The van der Waals surface area contributed by atoms with Gasteiger partial charge in [0.25, 0.3) is 0 Å². The zero-order valence-corrected chi connectivity index (χ0v) is 30.6. The second kappa shape index (κ2) is 12.9. The predicted octanol–water partition coefficient (Wildman–Crippen LogP) is 7.73. The van der Waals surface area contributed by atoms with Gasteiger partial charge in [0.2, 0.25) is 0 Å². The maximum absolute atomic E-state index is 12.1. The molecule has 1 unspecified atom stereocenters. The Morgan fingerprint density at radius 3 is 2.55 bits per heavy atom. The highest BCUT2D eigenvalue weighted by molar-refractivity contribution is 5.84. The van der Waals surface area contributed by atoms with Crippen LogP contribution < -0.4 is 4.74 Å². The quantitative estimate of drug-likeness (QED) is 0.249. The van der Waals surface area contributed by atoms with Gasteiger partial charge in [0.15, 0.2) is 0 Å². The van der Waals surface area contributed by atoms with Crippen LogP contribution in [0.25, 0.3) is 10.9 Å². The average molecular weight is 671 g/mol. The number of hydrogen-bond acceptors (Lipinski definition) is 6. The summed E-state index contributed by atoms with van der Waals surface area (Å²) in [6.07, 6.45) is 14.1. The molecule has 6 heteroatoms. The van der Waals surface area contributed by atoms with E-state index in [1.807, 2.05) is 6.07 Å². The van der Waals surface area contributed by atoms with Gasteiger partial charge in [-0.25, -0.2) is 0 Å². The number of aliphatic hydroxyl groups excluding tert-OH is 3. The first kappa shape index (κ1) is 34.1. The highest BCUT2D eigenvalue weighted by atomic mass is 16.5. The Labute approximate surface area is 294 Å². The van der Waals surface area contributed by atoms with Crippen molar-refractivity contribution >= 4 is 10.9 Å². The molecule has 3 aliphatic heterocycles. The standard InChI is InChI=1S/C43H62N2O4/c1-6-26-24-45-18-15-27(26)19-39(45)41(48)32-20-28(44-38-12-9-30(49-5)22-31(32)38)8-7-25(2)34-10-11-35-33-23-40(47)37-21-29(46)13-16-43(37,4)36(33)14-17-42(34,35)3/h6,9,12,20,22,25-27,29,33-37,39-41,46-48H,1,7-8,10-11,13-19,21,23-24H2,2-5H3/t25-,26+,27+,29-,33+,34-,35+,36+,37+,39+,40+,41-,42-,43-/m1/s1. The third-order valence-electron chi connectivity index (χ3n) is 16.2. The van der Waals surface area contributed by atoms with Crippen molar-refractivity contribution in [3.63, 3.8) is 0 Å². The van der Waals surface area contributed by atoms with Gasteiger partial charge < -0.3 is 20.1 Å². The van der Waals surface area contributed by atoms with Crippen molar-refractivity contribution in [2.24, 2.45) is 58.2 Å². The van der Waals surface area contributed by atoms with Crippen molar-refractivity contribution in [2.75, 3.05) is 20.2 Å². The van der Waals surface area contributed by atoms with Crippen LogP contribution in [0.2, 0.25) is 0 Å². The summed E-state index contributed by atoms with van der Waals surface area (Å²) in [7, 11) is 1.71. The summed E-state index contributed by atoms with van der Waals surface area (Å²) >= 11 is 0. The molecule has 4 aliphatic carbocycles. The lowest BCUT2D eigenvalue weighted by Gasteiger charge is -2.62. The molecule has 3 saturated heterocycles. The van der Waals surface area contributed by atoms with Gasteiger partial charge in [-0.2, -0.15) is 0 Å². The lowest BCUT2D eigenvalue weighted by Crippen LogP contribution is -2.58. The van der Waals surface area contributed by atoms with Crippen LogP contribution in [0.15, 0.2) is 36.9 Å². The third kappa shape index (κ3) is 5.61. The van der Waals surface area contributed by atoms with Crippen molar-refractivity contribution in [1.29, 1.82) is 0 Å². The Morgan fingerprint density at radius 1 is 1.00 bits per heavy atom. The van der Waals surface area contributed by atoms with Crippen LogP contribution in [0, 0.1) is 58.2 Å². The molecule has 9 rings (SSSR count). The third-order valence-corrected chi connectivity index (χ3v) is 16.2. The molecule has 0 spiro atoms. The number of methoxy groups -OCH3 is 1. The van der Waals surface area contributed by atoms with E-state index in [0.29, 0.717) is 46.8 Å². The highest BCUT2D eigenvalue weighted by Crippen LogP contribution is 2.68. The van der Waals surface area contributed by atoms with Gasteiger partial charge in [-0.05, 0) is 172 Å². The minimum atomic E-state index is -0.563. The summed E-state index contributed by atoms with van der Waals surface area (Å²) in [5.74, 6) is 5.45. The van der Waals surface area contributed by atoms with Crippen molar-refractivity contribution in [2.45, 2.75) is 122 Å². The van der Waals surface area contributed by atoms with Crippen LogP contribution in [0.1, 0.15) is 109 Å². The van der Waals surface area contributed by atoms with Crippen molar-refractivity contribution in [1.82, 2.24) is 9.88 Å². The first-order valence-corrected chi connectivity index (χ1v) is 19.9. The zero-order chi connectivity index (χ0) is 34.2. The predicted molar refractivity (Wildman–Crippen MR) is 195 cm³/mol. The molecule has 15 atom stereocenters. The lowest BCUT2D eigenvalue weighted by atomic mass is 9.44. The normalized spacial score (nSPS) is 44.1. The molecule has 7 fully saturated rings. The molecular formula is C43H62N2O4. The Morgan fingerprint density at radius 2 is 1.80 bits per heavy atom. The topological polar surface area (TPSA) is 86.1 Å². The number of aliphatic hydroxyl groups is 3. The van der Waals surface area contributed by atoms with Gasteiger partial charge in [-0.3, -0.25) is 9.88 Å². The molecular weight excluding hydrogens is 608 g/mol. The maximum Gasteiger partial charge on any atom is 0.119 e. The molecule has 1 aromatic carbocycles. The van der Waals surface area contributed by atoms with E-state index in [0.717, 1.165) is 85.9 Å². The monoisotopic (exact) mass is 670 g/mol. The Bertz CT molecular complexity index is 1550. The Hall–Kier alpha value is -1.99. The highest BCUT2D eigenvalue weighted by Gasteiger charge is 2.62. The van der Waals surface area contributed by atoms with Crippen LogP contribution in [0.3, 0.4) is 0 Å². The van der Waals surface area contributed by atoms with Gasteiger partial charge in [-0.15, -0.1) is 6.58 Å². The smallest absolute Gasteiger partial charge is 0.119 e. The van der Waals surface area contributed by atoms with E-state index >= 15 is 0 Å². The molecule has 4 saturated carbocycles. The number of aryl methyl sites for hydroxylation is 1. The van der Waals surface area contributed by atoms with Crippen molar-refractivity contribution in [3.05, 3.63) is 48.2 Å². The van der Waals surface area contributed by atoms with Gasteiger partial charge in [-0.1, -0.05) is 26.8 Å². The number of ether oxygens (including phenoxy) is 1. The van der Waals surface area contributed by atoms with E-state index in [1.54, 1.807) is 7.11 Å². The number of nitrogens with zero attached hydrogens (tertiary/aromatic N) is 2. The van der Waals surface area contributed by atoms with Gasteiger partial charge in [0.1, 0.15) is 5.75 Å². The molecule has 49 heavy (non-hydrogen) atoms. The second-order valence-corrected chi connectivity index (χ2v) is 18.2. The fourth-order valence-electron chi connectivity index (χ4n) is 13.5. The summed E-state index contributed by atoms with van der Waals surface area (Å²) in [5.41, 5.74) is 3.54. The number of fused-ring (bicyclic) bond motifs is 9. The van der Waals surface area contributed by atoms with Crippen LogP contribution in [-0.4, -0.2) is 63.7 Å². The summed E-state index contributed by atoms with van der Waals surface area (Å²) < 4.78 is 5.62. The van der Waals surface area contributed by atoms with Crippen LogP contribution in [0.4, 0.5) is 0 Å². The molecule has 268 valence electrons. The number of benzene rings is 1. The van der Waals surface area contributed by atoms with E-state index in [4.69, 9.17) is 9.72 Å². The molecule has 1 aromatic heterocycles. The maximum atomic E-state index is 12.1. The van der Waals surface area contributed by atoms with Crippen LogP contribution in [0.5, 0.6) is 5.75 Å². The fourth-order valence-corrected chi connectivity index (χ4v) is 13.5. The number of pyridine rings is 1. The average Bonchev–Trinajstić information content (AvgIpc) is 3.48. The minimum Gasteiger partial charge on any atom is -0.497 e. The molecule has 0 amide bonds. The van der Waals surface area contributed by atoms with Crippen molar-refractivity contribution < 1.29 is 20.1 Å². The summed E-state index contributed by atoms with van der Waals surface area (Å²) in [6, 6.07) is 8.47. The largest absolute Gasteiger partial charge is 0.497 e. The van der Waals surface area contributed by atoms with E-state index in [9.17, 15) is 15.3 Å². The molecule has 2 aromatic rings. The van der Waals surface area contributed by atoms with E-state index < -0.39 is 6.10 Å². The van der Waals surface area contributed by atoms with E-state index in [2.05, 4.69) is 56.5 Å². The molecule has 0 radical (unpaired) electrons. The van der Waals surface area contributed by atoms with Crippen LogP contribution in [-0.2, 0) is 6.42 Å². The number of piperidine rings is 3. The molecule has 2 bridgehead atoms. The first-order valence-electron chi connectivity index (χ1n) is 19.9. The van der Waals surface area contributed by atoms with Gasteiger partial charge in [0, 0.05) is 23.7 Å². The van der Waals surface area contributed by atoms with Crippen molar-refractivity contribution in [3.8, 4) is 5.75 Å². The number of aromatic nitrogens is 1.